The van der Waals surface area contributed by atoms with Crippen LogP contribution in [0.15, 0.2) is 0 Å². The van der Waals surface area contributed by atoms with E-state index in [0.717, 1.165) is 24.4 Å². The Morgan fingerprint density at radius 1 is 1.35 bits per heavy atom. The fraction of sp³-hybridized carbons (Fsp3) is 0.778. The molecule has 0 amide bonds. The van der Waals surface area contributed by atoms with Gasteiger partial charge in [0.05, 0.1) is 0 Å². The van der Waals surface area contributed by atoms with E-state index < -0.39 is 12.0 Å². The molecule has 0 spiro atoms. The third-order valence-corrected chi connectivity index (χ3v) is 3.59. The number of rotatable bonds is 2. The van der Waals surface area contributed by atoms with Crippen LogP contribution in [0.3, 0.4) is 0 Å². The van der Waals surface area contributed by atoms with Gasteiger partial charge >= 0.3 is 6.18 Å². The Morgan fingerprint density at radius 3 is 2.47 bits per heavy atom. The second kappa shape index (κ2) is 4.77. The van der Waals surface area contributed by atoms with Crippen molar-refractivity contribution in [2.75, 3.05) is 24.6 Å². The summed E-state index contributed by atoms with van der Waals surface area (Å²) >= 11 is 0.774. The van der Waals surface area contributed by atoms with E-state index in [1.807, 2.05) is 0 Å². The van der Waals surface area contributed by atoms with Crippen LogP contribution < -0.4 is 4.90 Å². The summed E-state index contributed by atoms with van der Waals surface area (Å²) in [5.41, 5.74) is 0. The molecule has 0 aromatic carbocycles. The van der Waals surface area contributed by atoms with Gasteiger partial charge in [0.15, 0.2) is 0 Å². The van der Waals surface area contributed by atoms with Crippen LogP contribution in [0.25, 0.3) is 0 Å². The maximum Gasteiger partial charge on any atom is 0.452 e. The molecule has 2 heterocycles. The van der Waals surface area contributed by atoms with Gasteiger partial charge in [-0.3, -0.25) is 0 Å². The van der Waals surface area contributed by atoms with Crippen molar-refractivity contribution in [3.05, 3.63) is 5.82 Å². The molecule has 0 bridgehead atoms. The molecule has 1 saturated heterocycles. The fourth-order valence-electron chi connectivity index (χ4n) is 1.77. The van der Waals surface area contributed by atoms with Gasteiger partial charge in [0, 0.05) is 31.2 Å². The highest BCUT2D eigenvalue weighted by Gasteiger charge is 2.36. The summed E-state index contributed by atoms with van der Waals surface area (Å²) in [6.45, 7) is 1.38. The van der Waals surface area contributed by atoms with Crippen LogP contribution in [0.2, 0.25) is 0 Å². The van der Waals surface area contributed by atoms with Gasteiger partial charge in [-0.05, 0) is 18.8 Å². The second-order valence-electron chi connectivity index (χ2n) is 4.01. The van der Waals surface area contributed by atoms with Gasteiger partial charge in [-0.25, -0.2) is 0 Å². The van der Waals surface area contributed by atoms with E-state index in [2.05, 4.69) is 9.36 Å². The molecule has 1 aromatic rings. The minimum Gasteiger partial charge on any atom is -0.396 e. The molecular formula is C9H12F3N3OS. The highest BCUT2D eigenvalue weighted by atomic mass is 32.1. The lowest BCUT2D eigenvalue weighted by atomic mass is 9.98. The zero-order valence-corrected chi connectivity index (χ0v) is 9.76. The molecule has 4 nitrogen and oxygen atoms in total. The van der Waals surface area contributed by atoms with Gasteiger partial charge in [-0.2, -0.15) is 22.5 Å². The number of halogens is 3. The van der Waals surface area contributed by atoms with Crippen molar-refractivity contribution >= 4 is 16.7 Å². The first-order valence-electron chi connectivity index (χ1n) is 5.27. The molecule has 1 aliphatic rings. The summed E-state index contributed by atoms with van der Waals surface area (Å²) in [4.78, 5) is 5.29. The average molecular weight is 267 g/mol. The summed E-state index contributed by atoms with van der Waals surface area (Å²) in [7, 11) is 0. The number of alkyl halides is 3. The van der Waals surface area contributed by atoms with Crippen LogP contribution in [-0.2, 0) is 6.18 Å². The predicted octanol–water partition coefficient (Wildman–Crippen LogP) is 1.77. The Morgan fingerprint density at radius 2 is 2.00 bits per heavy atom. The highest BCUT2D eigenvalue weighted by Crippen LogP contribution is 2.31. The smallest absolute Gasteiger partial charge is 0.396 e. The second-order valence-corrected chi connectivity index (χ2v) is 4.74. The maximum atomic E-state index is 12.3. The third-order valence-electron chi connectivity index (χ3n) is 2.81. The molecule has 96 valence electrons. The number of aliphatic hydroxyl groups is 1. The molecule has 8 heteroatoms. The lowest BCUT2D eigenvalue weighted by molar-refractivity contribution is -0.144. The molecule has 2 rings (SSSR count). The van der Waals surface area contributed by atoms with E-state index in [1.165, 1.54) is 0 Å². The van der Waals surface area contributed by atoms with Crippen molar-refractivity contribution in [3.63, 3.8) is 0 Å². The molecule has 0 unspecified atom stereocenters. The molecule has 0 aliphatic carbocycles. The van der Waals surface area contributed by atoms with Gasteiger partial charge in [0.1, 0.15) is 0 Å². The Balaban J connectivity index is 2.02. The van der Waals surface area contributed by atoms with Crippen LogP contribution in [0.4, 0.5) is 18.3 Å². The number of nitrogens with zero attached hydrogens (tertiary/aromatic N) is 3. The SMILES string of the molecule is OCC1CCN(c2nc(C(F)(F)F)ns2)CC1. The number of aromatic nitrogens is 2. The highest BCUT2D eigenvalue weighted by molar-refractivity contribution is 7.09. The molecular weight excluding hydrogens is 255 g/mol. The Bertz CT molecular complexity index is 374. The normalized spacial score (nSPS) is 18.7. The lowest BCUT2D eigenvalue weighted by Gasteiger charge is -2.30. The van der Waals surface area contributed by atoms with Crippen molar-refractivity contribution in [2.24, 2.45) is 5.92 Å². The fourth-order valence-corrected chi connectivity index (χ4v) is 2.50. The number of anilines is 1. The summed E-state index contributed by atoms with van der Waals surface area (Å²) in [6.07, 6.45) is -2.92. The average Bonchev–Trinajstić information content (AvgIpc) is 2.78. The topological polar surface area (TPSA) is 49.2 Å². The van der Waals surface area contributed by atoms with Crippen molar-refractivity contribution in [1.29, 1.82) is 0 Å². The van der Waals surface area contributed by atoms with Gasteiger partial charge in [-0.1, -0.05) is 0 Å². The van der Waals surface area contributed by atoms with Gasteiger partial charge in [0.25, 0.3) is 0 Å². The lowest BCUT2D eigenvalue weighted by Crippen LogP contribution is -2.34. The molecule has 1 fully saturated rings. The first-order valence-corrected chi connectivity index (χ1v) is 6.04. The van der Waals surface area contributed by atoms with Crippen molar-refractivity contribution < 1.29 is 18.3 Å². The summed E-state index contributed by atoms with van der Waals surface area (Å²) < 4.78 is 40.3. The van der Waals surface area contributed by atoms with Crippen LogP contribution in [0.1, 0.15) is 18.7 Å². The minimum atomic E-state index is -4.47. The zero-order valence-electron chi connectivity index (χ0n) is 8.94. The summed E-state index contributed by atoms with van der Waals surface area (Å²) in [5.74, 6) is -0.817. The number of piperidine rings is 1. The number of hydrogen-bond donors (Lipinski definition) is 1. The molecule has 0 saturated carbocycles. The van der Waals surface area contributed by atoms with Gasteiger partial charge in [0.2, 0.25) is 11.0 Å². The maximum absolute atomic E-state index is 12.3. The number of aliphatic hydroxyl groups excluding tert-OH is 1. The predicted molar refractivity (Wildman–Crippen MR) is 56.9 cm³/mol. The molecule has 0 radical (unpaired) electrons. The van der Waals surface area contributed by atoms with Crippen molar-refractivity contribution in [3.8, 4) is 0 Å². The van der Waals surface area contributed by atoms with E-state index in [-0.39, 0.29) is 12.5 Å². The standard InChI is InChI=1S/C9H12F3N3OS/c10-9(11,12)7-13-8(17-14-7)15-3-1-6(5-16)2-4-15/h6,16H,1-5H2. The van der Waals surface area contributed by atoms with Crippen LogP contribution >= 0.6 is 11.5 Å². The quantitative estimate of drug-likeness (QED) is 0.887. The monoisotopic (exact) mass is 267 g/mol. The van der Waals surface area contributed by atoms with Gasteiger partial charge in [-0.15, -0.1) is 0 Å². The molecule has 17 heavy (non-hydrogen) atoms. The van der Waals surface area contributed by atoms with E-state index >= 15 is 0 Å². The van der Waals surface area contributed by atoms with E-state index in [1.54, 1.807) is 4.90 Å². The first kappa shape index (κ1) is 12.6. The first-order chi connectivity index (χ1) is 8.00. The summed E-state index contributed by atoms with van der Waals surface area (Å²) in [5, 5.41) is 9.28. The van der Waals surface area contributed by atoms with E-state index in [4.69, 9.17) is 5.11 Å². The minimum absolute atomic E-state index is 0.137. The Kier molecular flexibility index (Phi) is 3.53. The third kappa shape index (κ3) is 2.86. The van der Waals surface area contributed by atoms with E-state index in [0.29, 0.717) is 18.2 Å². The van der Waals surface area contributed by atoms with Crippen LogP contribution in [0.5, 0.6) is 0 Å². The molecule has 1 N–H and O–H groups in total. The van der Waals surface area contributed by atoms with Crippen LogP contribution in [-0.4, -0.2) is 34.2 Å². The molecule has 0 atom stereocenters. The van der Waals surface area contributed by atoms with E-state index in [9.17, 15) is 13.2 Å². The number of hydrogen-bond acceptors (Lipinski definition) is 5. The van der Waals surface area contributed by atoms with Crippen molar-refractivity contribution in [2.45, 2.75) is 19.0 Å². The van der Waals surface area contributed by atoms with Crippen molar-refractivity contribution in [1.82, 2.24) is 9.36 Å². The van der Waals surface area contributed by atoms with Gasteiger partial charge < -0.3 is 10.0 Å². The molecule has 1 aromatic heterocycles. The summed E-state index contributed by atoms with van der Waals surface area (Å²) in [6, 6.07) is 0. The largest absolute Gasteiger partial charge is 0.452 e. The Labute approximate surface area is 100 Å². The van der Waals surface area contributed by atoms with Crippen LogP contribution in [0, 0.1) is 5.92 Å². The Hall–Kier alpha value is -0.890. The zero-order chi connectivity index (χ0) is 12.5. The molecule has 1 aliphatic heterocycles.